The van der Waals surface area contributed by atoms with Crippen LogP contribution in [0.25, 0.3) is 21.3 Å². The van der Waals surface area contributed by atoms with Crippen LogP contribution in [-0.4, -0.2) is 16.6 Å². The summed E-state index contributed by atoms with van der Waals surface area (Å²) in [7, 11) is 0. The highest BCUT2D eigenvalue weighted by molar-refractivity contribution is 7.17. The summed E-state index contributed by atoms with van der Waals surface area (Å²) in [5.74, 6) is 1.71. The number of thiophene rings is 1. The Balaban J connectivity index is 1.53. The van der Waals surface area contributed by atoms with Crippen LogP contribution in [0.15, 0.2) is 54.2 Å². The van der Waals surface area contributed by atoms with Gasteiger partial charge in [0.1, 0.15) is 22.7 Å². The van der Waals surface area contributed by atoms with E-state index in [0.29, 0.717) is 6.61 Å². The van der Waals surface area contributed by atoms with Crippen LogP contribution in [0.5, 0.6) is 5.75 Å². The van der Waals surface area contributed by atoms with E-state index >= 15 is 0 Å². The number of ether oxygens (including phenoxy) is 1. The molecule has 0 spiro atoms. The minimum Gasteiger partial charge on any atom is -0.494 e. The normalized spacial score (nSPS) is 13.3. The second-order valence-electron chi connectivity index (χ2n) is 7.32. The Bertz CT molecular complexity index is 1150. The number of nitrogens with one attached hydrogen (secondary N) is 1. The topological polar surface area (TPSA) is 47.0 Å². The number of hydrogen-bond acceptors (Lipinski definition) is 5. The molecule has 0 unspecified atom stereocenters. The first-order valence-corrected chi connectivity index (χ1v) is 11.0. The molecule has 5 heteroatoms. The first kappa shape index (κ1) is 18.1. The molecule has 0 radical (unpaired) electrons. The molecule has 0 atom stereocenters. The first-order valence-electron chi connectivity index (χ1n) is 10.2. The predicted octanol–water partition coefficient (Wildman–Crippen LogP) is 6.38. The first-order chi connectivity index (χ1) is 14.3. The zero-order valence-corrected chi connectivity index (χ0v) is 17.3. The number of aromatic nitrogens is 2. The molecular weight excluding hydrogens is 378 g/mol. The Morgan fingerprint density at radius 2 is 1.83 bits per heavy atom. The smallest absolute Gasteiger partial charge is 0.143 e. The summed E-state index contributed by atoms with van der Waals surface area (Å²) in [5, 5.41) is 6.76. The fraction of sp³-hybridized carbons (Fsp3) is 0.250. The zero-order valence-electron chi connectivity index (χ0n) is 16.4. The molecule has 5 rings (SSSR count). The molecule has 0 aliphatic heterocycles. The van der Waals surface area contributed by atoms with Gasteiger partial charge in [-0.3, -0.25) is 0 Å². The molecule has 0 bridgehead atoms. The van der Waals surface area contributed by atoms with Gasteiger partial charge in [-0.05, 0) is 73.6 Å². The molecule has 0 saturated carbocycles. The van der Waals surface area contributed by atoms with Crippen LogP contribution in [0.1, 0.15) is 30.9 Å². The zero-order chi connectivity index (χ0) is 19.6. The summed E-state index contributed by atoms with van der Waals surface area (Å²) >= 11 is 1.67. The third-order valence-electron chi connectivity index (χ3n) is 5.46. The molecule has 146 valence electrons. The molecule has 1 aliphatic carbocycles. The van der Waals surface area contributed by atoms with Gasteiger partial charge in [0.15, 0.2) is 0 Å². The van der Waals surface area contributed by atoms with Crippen molar-refractivity contribution in [2.24, 2.45) is 0 Å². The minimum atomic E-state index is 0.665. The standard InChI is InChI=1S/C24H23N3OS/c1-2-28-20-11-9-19(10-12-20)27-23-22-21(14-29-24(22)26-15-25-23)18-8-7-16-5-3-4-6-17(16)13-18/h7-15H,2-6H2,1H3,(H,25,26,27). The fourth-order valence-corrected chi connectivity index (χ4v) is 4.94. The van der Waals surface area contributed by atoms with Gasteiger partial charge in [-0.15, -0.1) is 11.3 Å². The highest BCUT2D eigenvalue weighted by Gasteiger charge is 2.16. The number of rotatable bonds is 5. The van der Waals surface area contributed by atoms with Crippen molar-refractivity contribution in [3.63, 3.8) is 0 Å². The maximum atomic E-state index is 5.54. The maximum absolute atomic E-state index is 5.54. The highest BCUT2D eigenvalue weighted by Crippen LogP contribution is 2.38. The van der Waals surface area contributed by atoms with E-state index in [1.54, 1.807) is 17.7 Å². The van der Waals surface area contributed by atoms with E-state index in [2.05, 4.69) is 38.9 Å². The molecule has 0 amide bonds. The Kier molecular flexibility index (Phi) is 4.90. The molecule has 4 nitrogen and oxygen atoms in total. The lowest BCUT2D eigenvalue weighted by molar-refractivity contribution is 0.340. The largest absolute Gasteiger partial charge is 0.494 e. The van der Waals surface area contributed by atoms with Gasteiger partial charge in [-0.2, -0.15) is 0 Å². The predicted molar refractivity (Wildman–Crippen MR) is 120 cm³/mol. The Hall–Kier alpha value is -2.92. The molecule has 1 aliphatic rings. The second kappa shape index (κ2) is 7.84. The third kappa shape index (κ3) is 3.58. The van der Waals surface area contributed by atoms with Crippen LogP contribution in [0.3, 0.4) is 0 Å². The van der Waals surface area contributed by atoms with Gasteiger partial charge in [0.25, 0.3) is 0 Å². The second-order valence-corrected chi connectivity index (χ2v) is 8.18. The highest BCUT2D eigenvalue weighted by atomic mass is 32.1. The van der Waals surface area contributed by atoms with Crippen molar-refractivity contribution in [1.82, 2.24) is 9.97 Å². The van der Waals surface area contributed by atoms with Crippen LogP contribution in [0.4, 0.5) is 11.5 Å². The number of anilines is 2. The van der Waals surface area contributed by atoms with Crippen LogP contribution < -0.4 is 10.1 Å². The van der Waals surface area contributed by atoms with Crippen molar-refractivity contribution in [3.8, 4) is 16.9 Å². The van der Waals surface area contributed by atoms with Gasteiger partial charge >= 0.3 is 0 Å². The molecule has 29 heavy (non-hydrogen) atoms. The molecular formula is C24H23N3OS. The van der Waals surface area contributed by atoms with Crippen molar-refractivity contribution in [3.05, 3.63) is 65.3 Å². The van der Waals surface area contributed by atoms with Crippen LogP contribution >= 0.6 is 11.3 Å². The van der Waals surface area contributed by atoms with E-state index in [0.717, 1.165) is 27.5 Å². The molecule has 0 saturated heterocycles. The van der Waals surface area contributed by atoms with Crippen molar-refractivity contribution in [1.29, 1.82) is 0 Å². The van der Waals surface area contributed by atoms with E-state index in [-0.39, 0.29) is 0 Å². The van der Waals surface area contributed by atoms with E-state index in [1.807, 2.05) is 31.2 Å². The Morgan fingerprint density at radius 3 is 2.66 bits per heavy atom. The molecule has 2 aromatic heterocycles. The van der Waals surface area contributed by atoms with Crippen molar-refractivity contribution >= 4 is 33.1 Å². The van der Waals surface area contributed by atoms with Crippen LogP contribution in [-0.2, 0) is 12.8 Å². The molecule has 4 aromatic rings. The van der Waals surface area contributed by atoms with E-state index < -0.39 is 0 Å². The molecule has 2 heterocycles. The fourth-order valence-electron chi connectivity index (χ4n) is 4.02. The lowest BCUT2D eigenvalue weighted by Gasteiger charge is -2.16. The average Bonchev–Trinajstić information content (AvgIpc) is 3.20. The van der Waals surface area contributed by atoms with Crippen molar-refractivity contribution in [2.75, 3.05) is 11.9 Å². The van der Waals surface area contributed by atoms with Gasteiger partial charge in [-0.1, -0.05) is 18.2 Å². The van der Waals surface area contributed by atoms with Gasteiger partial charge in [-0.25, -0.2) is 9.97 Å². The lowest BCUT2D eigenvalue weighted by Crippen LogP contribution is -2.02. The van der Waals surface area contributed by atoms with E-state index in [9.17, 15) is 0 Å². The lowest BCUT2D eigenvalue weighted by atomic mass is 9.89. The van der Waals surface area contributed by atoms with E-state index in [4.69, 9.17) is 4.74 Å². The van der Waals surface area contributed by atoms with Crippen LogP contribution in [0.2, 0.25) is 0 Å². The molecule has 0 fully saturated rings. The summed E-state index contributed by atoms with van der Waals surface area (Å²) < 4.78 is 5.54. The van der Waals surface area contributed by atoms with Gasteiger partial charge in [0.2, 0.25) is 0 Å². The average molecular weight is 402 g/mol. The number of fused-ring (bicyclic) bond motifs is 2. The monoisotopic (exact) mass is 401 g/mol. The van der Waals surface area contributed by atoms with Gasteiger partial charge < -0.3 is 10.1 Å². The molecule has 1 N–H and O–H groups in total. The number of benzene rings is 2. The van der Waals surface area contributed by atoms with Crippen LogP contribution in [0, 0.1) is 0 Å². The Labute approximate surface area is 174 Å². The number of hydrogen-bond donors (Lipinski definition) is 1. The van der Waals surface area contributed by atoms with E-state index in [1.165, 1.54) is 47.9 Å². The summed E-state index contributed by atoms with van der Waals surface area (Å²) in [6, 6.07) is 14.9. The summed E-state index contributed by atoms with van der Waals surface area (Å²) in [6.07, 6.45) is 6.60. The van der Waals surface area contributed by atoms with Crippen molar-refractivity contribution in [2.45, 2.75) is 32.6 Å². The van der Waals surface area contributed by atoms with Gasteiger partial charge in [0.05, 0.1) is 12.0 Å². The number of nitrogens with zero attached hydrogens (tertiary/aromatic N) is 2. The quantitative estimate of drug-likeness (QED) is 0.421. The minimum absolute atomic E-state index is 0.665. The summed E-state index contributed by atoms with van der Waals surface area (Å²) in [5.41, 5.74) is 6.43. The summed E-state index contributed by atoms with van der Waals surface area (Å²) in [4.78, 5) is 10.1. The van der Waals surface area contributed by atoms with Crippen molar-refractivity contribution < 1.29 is 4.74 Å². The summed E-state index contributed by atoms with van der Waals surface area (Å²) in [6.45, 7) is 2.65. The van der Waals surface area contributed by atoms with Gasteiger partial charge in [0, 0.05) is 16.6 Å². The Morgan fingerprint density at radius 1 is 1.00 bits per heavy atom. The molecule has 2 aromatic carbocycles. The number of aryl methyl sites for hydroxylation is 2. The SMILES string of the molecule is CCOc1ccc(Nc2ncnc3scc(-c4ccc5c(c4)CCCC5)c23)cc1. The third-order valence-corrected chi connectivity index (χ3v) is 6.34. The maximum Gasteiger partial charge on any atom is 0.143 e.